The lowest BCUT2D eigenvalue weighted by molar-refractivity contribution is 0.204. The number of nitriles is 3. The Morgan fingerprint density at radius 1 is 1.21 bits per heavy atom. The van der Waals surface area contributed by atoms with Crippen LogP contribution in [0.3, 0.4) is 0 Å². The lowest BCUT2D eigenvalue weighted by Gasteiger charge is -2.47. The maximum absolute atomic E-state index is 10.1. The van der Waals surface area contributed by atoms with Crippen molar-refractivity contribution >= 4 is 17.5 Å². The van der Waals surface area contributed by atoms with Crippen LogP contribution in [0.25, 0.3) is 0 Å². The summed E-state index contributed by atoms with van der Waals surface area (Å²) in [4.78, 5) is 3.41. The van der Waals surface area contributed by atoms with Crippen LogP contribution in [0.5, 0.6) is 0 Å². The van der Waals surface area contributed by atoms with Crippen LogP contribution in [0.1, 0.15) is 24.8 Å². The Kier molecular flexibility index (Phi) is 5.90. The predicted octanol–water partition coefficient (Wildman–Crippen LogP) is 3.97. The highest BCUT2D eigenvalue weighted by Crippen LogP contribution is 2.53. The Bertz CT molecular complexity index is 898. The van der Waals surface area contributed by atoms with Crippen molar-refractivity contribution in [2.45, 2.75) is 24.2 Å². The smallest absolute Gasteiger partial charge is 0.189 e. The van der Waals surface area contributed by atoms with Gasteiger partial charge in [-0.15, -0.1) is 11.8 Å². The van der Waals surface area contributed by atoms with Gasteiger partial charge in [-0.3, -0.25) is 4.90 Å². The number of benzene rings is 1. The topological polar surface area (TPSA) is 98.5 Å². The van der Waals surface area contributed by atoms with Gasteiger partial charge in [-0.05, 0) is 42.5 Å². The summed E-state index contributed by atoms with van der Waals surface area (Å²) in [5.41, 5.74) is 0.0833. The van der Waals surface area contributed by atoms with Crippen molar-refractivity contribution in [1.29, 1.82) is 21.2 Å². The molecule has 1 fully saturated rings. The summed E-state index contributed by atoms with van der Waals surface area (Å²) in [5, 5.41) is 38.5. The van der Waals surface area contributed by atoms with E-state index in [9.17, 15) is 15.8 Å². The van der Waals surface area contributed by atoms with Crippen LogP contribution in [0.4, 0.5) is 0 Å². The zero-order valence-electron chi connectivity index (χ0n) is 16.1. The molecule has 0 aromatic heterocycles. The van der Waals surface area contributed by atoms with Gasteiger partial charge in [-0.25, -0.2) is 0 Å². The summed E-state index contributed by atoms with van der Waals surface area (Å²) >= 11 is 1.63. The summed E-state index contributed by atoms with van der Waals surface area (Å²) in [6.07, 6.45) is 5.07. The first kappa shape index (κ1) is 20.2. The van der Waals surface area contributed by atoms with Gasteiger partial charge in [0.1, 0.15) is 5.92 Å². The number of rotatable bonds is 4. The molecule has 1 N–H and O–H groups in total. The van der Waals surface area contributed by atoms with Gasteiger partial charge in [-0.2, -0.15) is 15.8 Å². The van der Waals surface area contributed by atoms with Crippen LogP contribution in [-0.2, 0) is 0 Å². The van der Waals surface area contributed by atoms with Gasteiger partial charge in [0.05, 0.1) is 23.9 Å². The Morgan fingerprint density at radius 2 is 1.89 bits per heavy atom. The van der Waals surface area contributed by atoms with E-state index in [0.29, 0.717) is 6.54 Å². The number of thioether (sulfide) groups is 1. The minimum absolute atomic E-state index is 0.0783. The molecule has 0 amide bonds. The maximum atomic E-state index is 10.1. The van der Waals surface area contributed by atoms with Crippen LogP contribution < -0.4 is 0 Å². The quantitative estimate of drug-likeness (QED) is 0.620. The maximum Gasteiger partial charge on any atom is 0.189 e. The van der Waals surface area contributed by atoms with Crippen molar-refractivity contribution < 1.29 is 0 Å². The fourth-order valence-corrected chi connectivity index (χ4v) is 4.96. The Balaban J connectivity index is 2.18. The molecular weight excluding hydrogens is 366 g/mol. The number of hydrogen-bond acceptors (Lipinski definition) is 6. The third kappa shape index (κ3) is 3.12. The van der Waals surface area contributed by atoms with Gasteiger partial charge < -0.3 is 5.41 Å². The molecule has 1 aromatic carbocycles. The van der Waals surface area contributed by atoms with Gasteiger partial charge >= 0.3 is 0 Å². The van der Waals surface area contributed by atoms with E-state index in [1.165, 1.54) is 0 Å². The largest absolute Gasteiger partial charge is 0.305 e. The number of nitrogens with one attached hydrogen (secondary N) is 1. The molecule has 6 heteroatoms. The van der Waals surface area contributed by atoms with E-state index in [-0.39, 0.29) is 11.6 Å². The van der Waals surface area contributed by atoms with Crippen LogP contribution in [0.15, 0.2) is 40.8 Å². The van der Waals surface area contributed by atoms with Gasteiger partial charge in [0, 0.05) is 29.8 Å². The molecule has 2 aliphatic rings. The van der Waals surface area contributed by atoms with E-state index < -0.39 is 17.3 Å². The second-order valence-electron chi connectivity index (χ2n) is 7.33. The molecule has 1 heterocycles. The van der Waals surface area contributed by atoms with Crippen LogP contribution in [0.2, 0.25) is 0 Å². The third-order valence-electron chi connectivity index (χ3n) is 5.88. The fraction of sp³-hybridized carbons (Fsp3) is 0.455. The second-order valence-corrected chi connectivity index (χ2v) is 8.21. The molecule has 3 atom stereocenters. The standard InChI is InChI=1S/C22H23N5S/c1-3-9-27-10-8-17-18(11-23)21(26)22(13-24,14-25)20(19(17)12-27)15-4-6-16(28-2)7-5-15/h4-8,18-20,26H,3,9-10,12H2,1-2H3/t18?,19-,20-/m1/s1. The van der Waals surface area contributed by atoms with Crippen LogP contribution in [0, 0.1) is 56.7 Å². The predicted molar refractivity (Wildman–Crippen MR) is 110 cm³/mol. The molecule has 1 saturated carbocycles. The minimum atomic E-state index is -1.63. The molecule has 1 aromatic rings. The van der Waals surface area contributed by atoms with Gasteiger partial charge in [0.2, 0.25) is 0 Å². The summed E-state index contributed by atoms with van der Waals surface area (Å²) in [7, 11) is 0. The third-order valence-corrected chi connectivity index (χ3v) is 6.62. The average molecular weight is 390 g/mol. The molecule has 142 valence electrons. The van der Waals surface area contributed by atoms with E-state index in [4.69, 9.17) is 5.41 Å². The lowest BCUT2D eigenvalue weighted by atomic mass is 9.54. The number of hydrogen-bond donors (Lipinski definition) is 1. The second kappa shape index (κ2) is 8.19. The Labute approximate surface area is 170 Å². The van der Waals surface area contributed by atoms with E-state index >= 15 is 0 Å². The molecule has 0 spiro atoms. The van der Waals surface area contributed by atoms with Crippen molar-refractivity contribution in [1.82, 2.24) is 4.90 Å². The first-order valence-electron chi connectivity index (χ1n) is 9.43. The normalized spacial score (nSPS) is 26.3. The van der Waals surface area contributed by atoms with Crippen molar-refractivity contribution in [3.05, 3.63) is 41.5 Å². The van der Waals surface area contributed by atoms with Crippen molar-refractivity contribution in [2.24, 2.45) is 17.3 Å². The lowest BCUT2D eigenvalue weighted by Crippen LogP contribution is -2.52. The molecule has 5 nitrogen and oxygen atoms in total. The average Bonchev–Trinajstić information content (AvgIpc) is 2.73. The van der Waals surface area contributed by atoms with Crippen LogP contribution >= 0.6 is 11.8 Å². The fourth-order valence-electron chi connectivity index (χ4n) is 4.55. The minimum Gasteiger partial charge on any atom is -0.305 e. The summed E-state index contributed by atoms with van der Waals surface area (Å²) in [6.45, 7) is 4.50. The highest BCUT2D eigenvalue weighted by Gasteiger charge is 2.57. The molecule has 1 aliphatic heterocycles. The summed E-state index contributed by atoms with van der Waals surface area (Å²) in [6, 6.07) is 14.4. The zero-order valence-corrected chi connectivity index (χ0v) is 17.0. The van der Waals surface area contributed by atoms with E-state index in [1.807, 2.05) is 36.6 Å². The summed E-state index contributed by atoms with van der Waals surface area (Å²) < 4.78 is 0. The number of nitrogens with zero attached hydrogens (tertiary/aromatic N) is 4. The molecule has 0 radical (unpaired) electrons. The molecule has 0 bridgehead atoms. The molecule has 28 heavy (non-hydrogen) atoms. The monoisotopic (exact) mass is 389 g/mol. The van der Waals surface area contributed by atoms with Gasteiger partial charge in [-0.1, -0.05) is 25.1 Å². The first-order chi connectivity index (χ1) is 13.6. The molecular formula is C22H23N5S. The van der Waals surface area contributed by atoms with Gasteiger partial charge in [0.15, 0.2) is 5.41 Å². The zero-order chi connectivity index (χ0) is 20.3. The van der Waals surface area contributed by atoms with Crippen molar-refractivity contribution in [2.75, 3.05) is 25.9 Å². The molecule has 1 unspecified atom stereocenters. The van der Waals surface area contributed by atoms with Crippen LogP contribution in [-0.4, -0.2) is 36.5 Å². The van der Waals surface area contributed by atoms with E-state index in [2.05, 4.69) is 30.0 Å². The van der Waals surface area contributed by atoms with Crippen molar-refractivity contribution in [3.63, 3.8) is 0 Å². The molecule has 0 saturated heterocycles. The molecule has 3 rings (SSSR count). The highest BCUT2D eigenvalue weighted by molar-refractivity contribution is 7.98. The van der Waals surface area contributed by atoms with E-state index in [1.54, 1.807) is 11.8 Å². The Hall–Kier alpha value is -2.59. The molecule has 1 aliphatic carbocycles. The summed E-state index contributed by atoms with van der Waals surface area (Å²) in [5.74, 6) is -1.38. The van der Waals surface area contributed by atoms with Gasteiger partial charge in [0.25, 0.3) is 0 Å². The number of fused-ring (bicyclic) bond motifs is 1. The van der Waals surface area contributed by atoms with Crippen molar-refractivity contribution in [3.8, 4) is 18.2 Å². The van der Waals surface area contributed by atoms with E-state index in [0.717, 1.165) is 35.5 Å². The highest BCUT2D eigenvalue weighted by atomic mass is 32.2. The first-order valence-corrected chi connectivity index (χ1v) is 10.7. The Morgan fingerprint density at radius 3 is 2.43 bits per heavy atom. The SMILES string of the molecule is CCCN1CC=C2C(C#N)C(=N)C(C#N)(C#N)[C@H](c3ccc(SC)cc3)[C@@H]2C1.